The molecule has 0 aromatic rings. The summed E-state index contributed by atoms with van der Waals surface area (Å²) in [5.41, 5.74) is 0. The average Bonchev–Trinajstić information content (AvgIpc) is 2.66. The number of hydrogen-bond acceptors (Lipinski definition) is 2. The first-order valence-corrected chi connectivity index (χ1v) is 13.7. The van der Waals surface area contributed by atoms with E-state index in [-0.39, 0.29) is 0 Å². The van der Waals surface area contributed by atoms with Crippen LogP contribution < -0.4 is 0 Å². The van der Waals surface area contributed by atoms with E-state index in [1.54, 1.807) is 0 Å². The topological polar surface area (TPSA) is 20.2 Å². The van der Waals surface area contributed by atoms with Gasteiger partial charge in [0.05, 0.1) is 27.2 Å². The summed E-state index contributed by atoms with van der Waals surface area (Å²) >= 11 is 2.16. The third kappa shape index (κ3) is 19.6. The van der Waals surface area contributed by atoms with Crippen LogP contribution in [0.2, 0.25) is 0 Å². The van der Waals surface area contributed by atoms with Gasteiger partial charge in [-0.25, -0.2) is 0 Å². The highest BCUT2D eigenvalue weighted by Crippen LogP contribution is 2.18. The zero-order valence-corrected chi connectivity index (χ0v) is 20.8. The molecule has 3 heteroatoms. The first-order chi connectivity index (χ1) is 13.6. The summed E-state index contributed by atoms with van der Waals surface area (Å²) in [5, 5.41) is 9.19. The van der Waals surface area contributed by atoms with Crippen LogP contribution in [0.25, 0.3) is 0 Å². The Morgan fingerprint density at radius 2 is 1.18 bits per heavy atom. The minimum Gasteiger partial charge on any atom is -0.391 e. The van der Waals surface area contributed by atoms with E-state index in [2.05, 4.69) is 39.7 Å². The number of aliphatic hydroxyl groups excluding tert-OH is 1. The van der Waals surface area contributed by atoms with Crippen molar-refractivity contribution < 1.29 is 9.59 Å². The Hall–Kier alpha value is 0.270. The molecule has 0 aliphatic heterocycles. The Kier molecular flexibility index (Phi) is 20.7. The van der Waals surface area contributed by atoms with Gasteiger partial charge in [0, 0.05) is 11.7 Å². The number of hydrogen-bond donors (Lipinski definition) is 1. The van der Waals surface area contributed by atoms with Crippen molar-refractivity contribution in [3.05, 3.63) is 0 Å². The first kappa shape index (κ1) is 28.3. The standard InChI is InChI=1S/C25H54NOS/c1-5-7-8-9-10-11-12-13-14-15-16-17-18-19-22-28-24-25(6-2)23-26(3,4)20-21-27/h25,27H,5-24H2,1-4H3/q+1. The second-order valence-corrected chi connectivity index (χ2v) is 10.7. The highest BCUT2D eigenvalue weighted by molar-refractivity contribution is 7.99. The van der Waals surface area contributed by atoms with E-state index in [0.717, 1.165) is 16.9 Å². The second kappa shape index (κ2) is 20.5. The van der Waals surface area contributed by atoms with Gasteiger partial charge in [0.2, 0.25) is 0 Å². The Balaban J connectivity index is 3.34. The molecule has 1 atom stereocenters. The van der Waals surface area contributed by atoms with Crippen molar-refractivity contribution in [3.8, 4) is 0 Å². The molecule has 0 bridgehead atoms. The largest absolute Gasteiger partial charge is 0.391 e. The van der Waals surface area contributed by atoms with Gasteiger partial charge in [0.25, 0.3) is 0 Å². The normalized spacial score (nSPS) is 13.2. The van der Waals surface area contributed by atoms with Gasteiger partial charge in [0.15, 0.2) is 0 Å². The molecule has 0 fully saturated rings. The van der Waals surface area contributed by atoms with E-state index in [1.165, 1.54) is 114 Å². The number of thioether (sulfide) groups is 1. The number of quaternary nitrogens is 1. The van der Waals surface area contributed by atoms with E-state index in [9.17, 15) is 5.11 Å². The Morgan fingerprint density at radius 1 is 0.714 bits per heavy atom. The monoisotopic (exact) mass is 416 g/mol. The first-order valence-electron chi connectivity index (χ1n) is 12.6. The van der Waals surface area contributed by atoms with E-state index < -0.39 is 0 Å². The molecule has 170 valence electrons. The van der Waals surface area contributed by atoms with Crippen LogP contribution in [0.4, 0.5) is 0 Å². The minimum absolute atomic E-state index is 0.301. The Bertz CT molecular complexity index is 309. The molecule has 0 aliphatic rings. The summed E-state index contributed by atoms with van der Waals surface area (Å²) in [6.07, 6.45) is 21.5. The van der Waals surface area contributed by atoms with Crippen molar-refractivity contribution >= 4 is 11.8 Å². The smallest absolute Gasteiger partial charge is 0.102 e. The number of rotatable bonds is 22. The summed E-state index contributed by atoms with van der Waals surface area (Å²) in [7, 11) is 4.49. The quantitative estimate of drug-likeness (QED) is 0.148. The Morgan fingerprint density at radius 3 is 1.61 bits per heavy atom. The number of aliphatic hydroxyl groups is 1. The lowest BCUT2D eigenvalue weighted by atomic mass is 10.0. The molecule has 0 aromatic carbocycles. The molecule has 0 aromatic heterocycles. The van der Waals surface area contributed by atoms with E-state index in [4.69, 9.17) is 0 Å². The van der Waals surface area contributed by atoms with Crippen LogP contribution in [0.3, 0.4) is 0 Å². The maximum Gasteiger partial charge on any atom is 0.102 e. The van der Waals surface area contributed by atoms with Crippen LogP contribution in [0.5, 0.6) is 0 Å². The van der Waals surface area contributed by atoms with Gasteiger partial charge in [0.1, 0.15) is 6.54 Å². The maximum absolute atomic E-state index is 9.19. The third-order valence-corrected chi connectivity index (χ3v) is 7.32. The predicted molar refractivity (Wildman–Crippen MR) is 130 cm³/mol. The predicted octanol–water partition coefficient (Wildman–Crippen LogP) is 7.30. The molecule has 0 amide bonds. The zero-order chi connectivity index (χ0) is 20.9. The van der Waals surface area contributed by atoms with E-state index in [1.807, 2.05) is 0 Å². The molecule has 28 heavy (non-hydrogen) atoms. The molecule has 1 unspecified atom stereocenters. The van der Waals surface area contributed by atoms with Gasteiger partial charge in [-0.1, -0.05) is 97.3 Å². The molecule has 0 aliphatic carbocycles. The molecule has 0 saturated heterocycles. The highest BCUT2D eigenvalue weighted by atomic mass is 32.2. The second-order valence-electron chi connectivity index (χ2n) is 9.51. The van der Waals surface area contributed by atoms with E-state index >= 15 is 0 Å². The minimum atomic E-state index is 0.301. The van der Waals surface area contributed by atoms with Crippen molar-refractivity contribution in [1.29, 1.82) is 0 Å². The van der Waals surface area contributed by atoms with Crippen LogP contribution in [0, 0.1) is 5.92 Å². The van der Waals surface area contributed by atoms with Gasteiger partial charge >= 0.3 is 0 Å². The summed E-state index contributed by atoms with van der Waals surface area (Å²) in [6, 6.07) is 0. The number of likely N-dealkylation sites (N-methyl/N-ethyl adjacent to an activating group) is 1. The van der Waals surface area contributed by atoms with Crippen molar-refractivity contribution in [2.24, 2.45) is 5.92 Å². The van der Waals surface area contributed by atoms with Gasteiger partial charge in [-0.2, -0.15) is 11.8 Å². The summed E-state index contributed by atoms with van der Waals surface area (Å²) in [6.45, 7) is 6.98. The molecule has 0 saturated carbocycles. The fraction of sp³-hybridized carbons (Fsp3) is 1.00. The van der Waals surface area contributed by atoms with Gasteiger partial charge in [-0.05, 0) is 18.6 Å². The summed E-state index contributed by atoms with van der Waals surface area (Å²) in [4.78, 5) is 0. The lowest BCUT2D eigenvalue weighted by Crippen LogP contribution is -2.45. The highest BCUT2D eigenvalue weighted by Gasteiger charge is 2.20. The van der Waals surface area contributed by atoms with Crippen molar-refractivity contribution in [2.75, 3.05) is 45.3 Å². The fourth-order valence-corrected chi connectivity index (χ4v) is 5.26. The molecule has 0 spiro atoms. The molecular formula is C25H54NOS+. The summed E-state index contributed by atoms with van der Waals surface area (Å²) < 4.78 is 0.953. The van der Waals surface area contributed by atoms with Crippen LogP contribution in [-0.2, 0) is 0 Å². The van der Waals surface area contributed by atoms with Crippen LogP contribution >= 0.6 is 11.8 Å². The molecule has 0 rings (SSSR count). The van der Waals surface area contributed by atoms with Crippen molar-refractivity contribution in [2.45, 2.75) is 110 Å². The fourth-order valence-electron chi connectivity index (χ4n) is 4.01. The number of nitrogens with zero attached hydrogens (tertiary/aromatic N) is 1. The Labute approximate surface area is 182 Å². The van der Waals surface area contributed by atoms with Crippen molar-refractivity contribution in [1.82, 2.24) is 0 Å². The van der Waals surface area contributed by atoms with Crippen molar-refractivity contribution in [3.63, 3.8) is 0 Å². The average molecular weight is 417 g/mol. The molecular weight excluding hydrogens is 362 g/mol. The molecule has 0 radical (unpaired) electrons. The molecule has 0 heterocycles. The van der Waals surface area contributed by atoms with Crippen LogP contribution in [0.1, 0.15) is 110 Å². The summed E-state index contributed by atoms with van der Waals surface area (Å²) in [5.74, 6) is 3.42. The zero-order valence-electron chi connectivity index (χ0n) is 20.0. The lowest BCUT2D eigenvalue weighted by molar-refractivity contribution is -0.893. The van der Waals surface area contributed by atoms with Gasteiger partial charge in [-0.3, -0.25) is 0 Å². The molecule has 1 N–H and O–H groups in total. The van der Waals surface area contributed by atoms with Crippen LogP contribution in [-0.4, -0.2) is 54.9 Å². The lowest BCUT2D eigenvalue weighted by Gasteiger charge is -2.32. The molecule has 2 nitrogen and oxygen atoms in total. The van der Waals surface area contributed by atoms with Gasteiger partial charge in [-0.15, -0.1) is 0 Å². The van der Waals surface area contributed by atoms with E-state index in [0.29, 0.717) is 6.61 Å². The van der Waals surface area contributed by atoms with Crippen LogP contribution in [0.15, 0.2) is 0 Å². The maximum atomic E-state index is 9.19. The SMILES string of the molecule is CCCCCCCCCCCCCCCCSCC(CC)C[N+](C)(C)CCO. The number of unbranched alkanes of at least 4 members (excludes halogenated alkanes) is 13. The third-order valence-electron chi connectivity index (χ3n) is 6.03. The van der Waals surface area contributed by atoms with Gasteiger partial charge < -0.3 is 9.59 Å².